The van der Waals surface area contributed by atoms with Crippen LogP contribution in [0.1, 0.15) is 11.1 Å². The van der Waals surface area contributed by atoms with Crippen LogP contribution >= 0.6 is 0 Å². The third-order valence-corrected chi connectivity index (χ3v) is 3.73. The highest BCUT2D eigenvalue weighted by Crippen LogP contribution is 2.38. The number of amides is 1. The summed E-state index contributed by atoms with van der Waals surface area (Å²) in [4.78, 5) is 20.3. The summed E-state index contributed by atoms with van der Waals surface area (Å²) >= 11 is 0. The molecule has 0 saturated carbocycles. The van der Waals surface area contributed by atoms with Crippen molar-refractivity contribution in [2.75, 3.05) is 35.0 Å². The molecule has 0 radical (unpaired) electrons. The van der Waals surface area contributed by atoms with Crippen LogP contribution in [0.3, 0.4) is 0 Å². The average Bonchev–Trinajstić information content (AvgIpc) is 2.76. The summed E-state index contributed by atoms with van der Waals surface area (Å²) in [5, 5.41) is 7.60. The minimum Gasteiger partial charge on any atom is -0.493 e. The van der Waals surface area contributed by atoms with E-state index in [0.717, 1.165) is 11.1 Å². The first-order valence-corrected chi connectivity index (χ1v) is 8.84. The van der Waals surface area contributed by atoms with Crippen molar-refractivity contribution in [3.8, 4) is 28.7 Å². The SMILES string of the molecule is COc1ccc(/C=C\c2cc(OC)c(OC)c(OC)c2)cc1OC(N)=O.NCC(=O)O. The zero-order valence-corrected chi connectivity index (χ0v) is 17.7. The lowest BCUT2D eigenvalue weighted by atomic mass is 10.1. The molecule has 0 aromatic heterocycles. The van der Waals surface area contributed by atoms with E-state index >= 15 is 0 Å². The predicted molar refractivity (Wildman–Crippen MR) is 115 cm³/mol. The Bertz CT molecular complexity index is 903. The first-order chi connectivity index (χ1) is 14.8. The number of aliphatic carboxylic acids is 1. The maximum Gasteiger partial charge on any atom is 0.410 e. The Hall–Kier alpha value is -3.92. The second-order valence-corrected chi connectivity index (χ2v) is 5.72. The molecule has 1 amide bonds. The summed E-state index contributed by atoms with van der Waals surface area (Å²) in [7, 11) is 6.14. The van der Waals surface area contributed by atoms with Crippen LogP contribution in [0.2, 0.25) is 0 Å². The third kappa shape index (κ3) is 7.78. The Morgan fingerprint density at radius 2 is 1.32 bits per heavy atom. The van der Waals surface area contributed by atoms with Gasteiger partial charge < -0.3 is 40.3 Å². The normalized spacial score (nSPS) is 9.97. The van der Waals surface area contributed by atoms with Crippen LogP contribution in [0.15, 0.2) is 30.3 Å². The van der Waals surface area contributed by atoms with Crippen molar-refractivity contribution in [3.05, 3.63) is 41.5 Å². The molecular weight excluding hydrogens is 408 g/mol. The number of ether oxygens (including phenoxy) is 5. The zero-order chi connectivity index (χ0) is 23.4. The van der Waals surface area contributed by atoms with Crippen LogP contribution in [-0.2, 0) is 4.79 Å². The van der Waals surface area contributed by atoms with Gasteiger partial charge in [-0.2, -0.15) is 0 Å². The molecule has 2 rings (SSSR count). The molecule has 0 aliphatic heterocycles. The molecule has 0 aliphatic carbocycles. The molecule has 10 heteroatoms. The average molecular weight is 434 g/mol. The topological polar surface area (TPSA) is 153 Å². The Balaban J connectivity index is 0.000000861. The van der Waals surface area contributed by atoms with Crippen LogP contribution in [0.4, 0.5) is 4.79 Å². The number of primary amides is 1. The highest BCUT2D eigenvalue weighted by atomic mass is 16.6. The number of hydrogen-bond donors (Lipinski definition) is 3. The number of hydrogen-bond acceptors (Lipinski definition) is 8. The molecule has 0 saturated heterocycles. The summed E-state index contributed by atoms with van der Waals surface area (Å²) in [6.45, 7) is -0.278. The monoisotopic (exact) mass is 434 g/mol. The first kappa shape index (κ1) is 25.1. The smallest absolute Gasteiger partial charge is 0.410 e. The zero-order valence-electron chi connectivity index (χ0n) is 17.7. The minimum absolute atomic E-state index is 0.243. The first-order valence-electron chi connectivity index (χ1n) is 8.84. The highest BCUT2D eigenvalue weighted by Gasteiger charge is 2.12. The molecule has 0 unspecified atom stereocenters. The van der Waals surface area contributed by atoms with E-state index in [4.69, 9.17) is 34.5 Å². The summed E-state index contributed by atoms with van der Waals surface area (Å²) in [5.41, 5.74) is 11.3. The molecule has 0 atom stereocenters. The minimum atomic E-state index is -0.968. The van der Waals surface area contributed by atoms with Gasteiger partial charge in [0.2, 0.25) is 5.75 Å². The van der Waals surface area contributed by atoms with Crippen LogP contribution in [0.5, 0.6) is 28.7 Å². The van der Waals surface area contributed by atoms with Crippen molar-refractivity contribution in [2.24, 2.45) is 11.5 Å². The molecule has 10 nitrogen and oxygen atoms in total. The van der Waals surface area contributed by atoms with Crippen LogP contribution < -0.4 is 35.2 Å². The fourth-order valence-electron chi connectivity index (χ4n) is 2.38. The van der Waals surface area contributed by atoms with Crippen LogP contribution in [0.25, 0.3) is 12.2 Å². The van der Waals surface area contributed by atoms with E-state index in [0.29, 0.717) is 23.0 Å². The Labute approximate surface area is 179 Å². The number of carbonyl (C=O) groups is 2. The fourth-order valence-corrected chi connectivity index (χ4v) is 2.38. The van der Waals surface area contributed by atoms with E-state index in [9.17, 15) is 9.59 Å². The van der Waals surface area contributed by atoms with E-state index < -0.39 is 12.1 Å². The summed E-state index contributed by atoms with van der Waals surface area (Å²) in [6.07, 6.45) is 2.79. The number of methoxy groups -OCH3 is 4. The van der Waals surface area contributed by atoms with Crippen molar-refractivity contribution in [1.82, 2.24) is 0 Å². The lowest BCUT2D eigenvalue weighted by molar-refractivity contribution is -0.135. The Morgan fingerprint density at radius 3 is 1.74 bits per heavy atom. The second kappa shape index (κ2) is 12.6. The fraction of sp³-hybridized carbons (Fsp3) is 0.238. The number of carbonyl (C=O) groups excluding carboxylic acids is 1. The van der Waals surface area contributed by atoms with E-state index in [2.05, 4.69) is 5.73 Å². The molecule has 31 heavy (non-hydrogen) atoms. The van der Waals surface area contributed by atoms with Gasteiger partial charge >= 0.3 is 12.1 Å². The van der Waals surface area contributed by atoms with E-state index in [1.54, 1.807) is 33.5 Å². The van der Waals surface area contributed by atoms with E-state index in [1.165, 1.54) is 7.11 Å². The van der Waals surface area contributed by atoms with Gasteiger partial charge in [0.25, 0.3) is 0 Å². The predicted octanol–water partition coefficient (Wildman–Crippen LogP) is 2.38. The Morgan fingerprint density at radius 1 is 0.839 bits per heavy atom. The number of nitrogens with two attached hydrogens (primary N) is 2. The van der Waals surface area contributed by atoms with Gasteiger partial charge in [0.1, 0.15) is 0 Å². The van der Waals surface area contributed by atoms with Gasteiger partial charge in [-0.15, -0.1) is 0 Å². The van der Waals surface area contributed by atoms with Crippen molar-refractivity contribution in [1.29, 1.82) is 0 Å². The number of carboxylic acid groups (broad SMARTS) is 1. The lowest BCUT2D eigenvalue weighted by Crippen LogP contribution is -2.16. The molecule has 5 N–H and O–H groups in total. The molecule has 2 aromatic rings. The molecular formula is C21H26N2O8. The second-order valence-electron chi connectivity index (χ2n) is 5.72. The number of benzene rings is 2. The quantitative estimate of drug-likeness (QED) is 0.531. The molecule has 0 fully saturated rings. The molecule has 0 aliphatic rings. The van der Waals surface area contributed by atoms with Crippen LogP contribution in [-0.4, -0.2) is 52.2 Å². The van der Waals surface area contributed by atoms with E-state index in [-0.39, 0.29) is 12.3 Å². The van der Waals surface area contributed by atoms with Gasteiger partial charge in [0.05, 0.1) is 35.0 Å². The largest absolute Gasteiger partial charge is 0.493 e. The van der Waals surface area contributed by atoms with Gasteiger partial charge in [0.15, 0.2) is 23.0 Å². The van der Waals surface area contributed by atoms with Crippen molar-refractivity contribution < 1.29 is 38.4 Å². The van der Waals surface area contributed by atoms with Crippen molar-refractivity contribution >= 4 is 24.2 Å². The summed E-state index contributed by atoms with van der Waals surface area (Å²) in [5.74, 6) is 1.32. The third-order valence-electron chi connectivity index (χ3n) is 3.73. The van der Waals surface area contributed by atoms with Crippen molar-refractivity contribution in [2.45, 2.75) is 0 Å². The number of carboxylic acids is 1. The van der Waals surface area contributed by atoms with Crippen molar-refractivity contribution in [3.63, 3.8) is 0 Å². The maximum absolute atomic E-state index is 11.0. The van der Waals surface area contributed by atoms with Gasteiger partial charge in [-0.25, -0.2) is 4.79 Å². The molecule has 0 spiro atoms. The van der Waals surface area contributed by atoms with Gasteiger partial charge in [-0.05, 0) is 35.4 Å². The van der Waals surface area contributed by atoms with Gasteiger partial charge in [-0.3, -0.25) is 4.79 Å². The summed E-state index contributed by atoms with van der Waals surface area (Å²) in [6, 6.07) is 8.80. The highest BCUT2D eigenvalue weighted by molar-refractivity contribution is 5.75. The Kier molecular flexibility index (Phi) is 10.2. The standard InChI is InChI=1S/C19H21NO6.C2H5NO2/c1-22-14-8-7-12(9-15(14)26-19(20)21)5-6-13-10-16(23-2)18(25-4)17(11-13)24-3;3-1-2(4)5/h5-11H,1-4H3,(H2,20,21);1,3H2,(H,4,5)/b6-5-;. The molecule has 0 bridgehead atoms. The lowest BCUT2D eigenvalue weighted by Gasteiger charge is -2.13. The summed E-state index contributed by atoms with van der Waals surface area (Å²) < 4.78 is 26.1. The maximum atomic E-state index is 11.0. The molecule has 0 heterocycles. The van der Waals surface area contributed by atoms with Gasteiger partial charge in [0, 0.05) is 0 Å². The number of rotatable bonds is 8. The molecule has 168 valence electrons. The van der Waals surface area contributed by atoms with Crippen LogP contribution in [0, 0.1) is 0 Å². The molecule has 2 aromatic carbocycles. The van der Waals surface area contributed by atoms with E-state index in [1.807, 2.05) is 30.4 Å². The van der Waals surface area contributed by atoms with Gasteiger partial charge in [-0.1, -0.05) is 18.2 Å².